The van der Waals surface area contributed by atoms with E-state index < -0.39 is 88.5 Å². The Morgan fingerprint density at radius 3 is 2.26 bits per heavy atom. The lowest BCUT2D eigenvalue weighted by Crippen LogP contribution is -2.59. The monoisotopic (exact) mass is 702 g/mol. The summed E-state index contributed by atoms with van der Waals surface area (Å²) in [6.07, 6.45) is -10.1. The number of anilines is 1. The zero-order valence-electron chi connectivity index (χ0n) is 23.9. The number of amides is 1. The molecule has 0 aromatic heterocycles. The van der Waals surface area contributed by atoms with Crippen molar-refractivity contribution in [3.05, 3.63) is 99.8 Å². The molecule has 5 rings (SSSR count). The smallest absolute Gasteiger partial charge is 0.391 e. The zero-order chi connectivity index (χ0) is 33.4. The van der Waals surface area contributed by atoms with Gasteiger partial charge in [0.2, 0.25) is 10.0 Å². The molecule has 46 heavy (non-hydrogen) atoms. The highest BCUT2D eigenvalue weighted by Crippen LogP contribution is 2.46. The maximum atomic E-state index is 15.1. The van der Waals surface area contributed by atoms with Gasteiger partial charge in [-0.3, -0.25) is 13.9 Å². The van der Waals surface area contributed by atoms with Crippen LogP contribution in [0.3, 0.4) is 0 Å². The lowest BCUT2D eigenvalue weighted by Gasteiger charge is -2.49. The number of rotatable bonds is 11. The van der Waals surface area contributed by atoms with Crippen molar-refractivity contribution in [2.75, 3.05) is 10.8 Å². The van der Waals surface area contributed by atoms with Gasteiger partial charge in [0.05, 0.1) is 42.4 Å². The highest BCUT2D eigenvalue weighted by molar-refractivity contribution is 7.93. The lowest BCUT2D eigenvalue weighted by atomic mass is 9.89. The van der Waals surface area contributed by atoms with E-state index in [1.165, 1.54) is 42.5 Å². The summed E-state index contributed by atoms with van der Waals surface area (Å²) in [5.41, 5.74) is 0.118. The molecular weight excluding hydrogens is 675 g/mol. The Hall–Kier alpha value is -3.39. The molecular formula is C31H28Cl2F4N2O6S. The average molecular weight is 704 g/mol. The van der Waals surface area contributed by atoms with E-state index in [9.17, 15) is 36.3 Å². The van der Waals surface area contributed by atoms with E-state index in [0.29, 0.717) is 9.87 Å². The van der Waals surface area contributed by atoms with Crippen LogP contribution in [0.15, 0.2) is 72.8 Å². The van der Waals surface area contributed by atoms with Crippen LogP contribution in [0.1, 0.15) is 49.0 Å². The number of ether oxygens (including phenoxy) is 1. The first-order chi connectivity index (χ1) is 21.7. The van der Waals surface area contributed by atoms with Gasteiger partial charge in [0.1, 0.15) is 18.0 Å². The summed E-state index contributed by atoms with van der Waals surface area (Å²) in [5, 5.41) is 9.20. The normalized spacial score (nSPS) is 21.2. The summed E-state index contributed by atoms with van der Waals surface area (Å²) < 4.78 is 92.4. The molecule has 0 spiro atoms. The molecule has 1 saturated carbocycles. The van der Waals surface area contributed by atoms with Crippen molar-refractivity contribution >= 4 is 50.8 Å². The molecule has 3 aromatic carbocycles. The number of halogens is 6. The number of hydrogen-bond acceptors (Lipinski definition) is 5. The SMILES string of the molecule is O=C(O)C[C@@H]1O[C@H](c2cccc(Cl)c2)[C@@H](c2ccc(Cl)cc2)N(C(CN(c2ccccc2F)S(=O)(=O)C2CC2)CC(F)(F)F)C1=O. The second-order valence-corrected chi connectivity index (χ2v) is 14.2. The van der Waals surface area contributed by atoms with E-state index in [0.717, 1.165) is 17.0 Å². The van der Waals surface area contributed by atoms with Gasteiger partial charge in [-0.05, 0) is 60.4 Å². The molecule has 1 heterocycles. The third-order valence-electron chi connectivity index (χ3n) is 7.79. The summed E-state index contributed by atoms with van der Waals surface area (Å²) in [5.74, 6) is -3.54. The number of para-hydroxylation sites is 1. The number of carboxylic acid groups (broad SMARTS) is 1. The lowest BCUT2D eigenvalue weighted by molar-refractivity contribution is -0.192. The first-order valence-corrected chi connectivity index (χ1v) is 16.4. The molecule has 1 amide bonds. The predicted molar refractivity (Wildman–Crippen MR) is 163 cm³/mol. The van der Waals surface area contributed by atoms with Crippen LogP contribution >= 0.6 is 23.2 Å². The van der Waals surface area contributed by atoms with Crippen molar-refractivity contribution in [2.24, 2.45) is 0 Å². The largest absolute Gasteiger partial charge is 0.481 e. The fraction of sp³-hybridized carbons (Fsp3) is 0.355. The second-order valence-electron chi connectivity index (χ2n) is 11.1. The number of alkyl halides is 3. The molecule has 8 nitrogen and oxygen atoms in total. The maximum absolute atomic E-state index is 15.1. The third-order valence-corrected chi connectivity index (χ3v) is 10.5. The van der Waals surface area contributed by atoms with Crippen molar-refractivity contribution < 1.29 is 45.4 Å². The molecule has 1 aliphatic heterocycles. The van der Waals surface area contributed by atoms with E-state index >= 15 is 4.39 Å². The highest BCUT2D eigenvalue weighted by Gasteiger charge is 2.51. The van der Waals surface area contributed by atoms with Crippen LogP contribution in [0.4, 0.5) is 23.2 Å². The number of benzene rings is 3. The van der Waals surface area contributed by atoms with Crippen LogP contribution in [-0.4, -0.2) is 60.4 Å². The van der Waals surface area contributed by atoms with Gasteiger partial charge in [0, 0.05) is 10.0 Å². The Bertz CT molecular complexity index is 1710. The number of nitrogens with zero attached hydrogens (tertiary/aromatic N) is 2. The molecule has 0 radical (unpaired) electrons. The van der Waals surface area contributed by atoms with Crippen LogP contribution in [-0.2, 0) is 24.3 Å². The fourth-order valence-electron chi connectivity index (χ4n) is 5.65. The van der Waals surface area contributed by atoms with Gasteiger partial charge in [0.15, 0.2) is 0 Å². The van der Waals surface area contributed by atoms with Gasteiger partial charge in [-0.2, -0.15) is 13.2 Å². The predicted octanol–water partition coefficient (Wildman–Crippen LogP) is 6.94. The number of morpholine rings is 1. The topological polar surface area (TPSA) is 104 Å². The second kappa shape index (κ2) is 13.4. The third kappa shape index (κ3) is 7.59. The van der Waals surface area contributed by atoms with Gasteiger partial charge >= 0.3 is 12.1 Å². The number of carbonyl (C=O) groups is 2. The molecule has 1 saturated heterocycles. The van der Waals surface area contributed by atoms with Crippen LogP contribution < -0.4 is 4.31 Å². The van der Waals surface area contributed by atoms with E-state index in [1.807, 2.05) is 0 Å². The van der Waals surface area contributed by atoms with Crippen LogP contribution in [0.25, 0.3) is 0 Å². The molecule has 2 aliphatic rings. The molecule has 1 unspecified atom stereocenters. The molecule has 15 heteroatoms. The number of carboxylic acids is 1. The number of hydrogen-bond donors (Lipinski definition) is 1. The summed E-state index contributed by atoms with van der Waals surface area (Å²) in [7, 11) is -4.37. The molecule has 4 atom stereocenters. The van der Waals surface area contributed by atoms with Crippen LogP contribution in [0.5, 0.6) is 0 Å². The Morgan fingerprint density at radius 1 is 1.00 bits per heavy atom. The Morgan fingerprint density at radius 2 is 1.67 bits per heavy atom. The summed E-state index contributed by atoms with van der Waals surface area (Å²) >= 11 is 12.4. The van der Waals surface area contributed by atoms with E-state index in [4.69, 9.17) is 27.9 Å². The standard InChI is InChI=1S/C31H28Cl2F4N2O6S/c32-20-10-8-18(9-11-20)28-29(19-4-3-5-21(33)14-19)45-26(15-27(40)41)30(42)39(28)22(16-31(35,36)37)17-38(46(43,44)23-12-13-23)25-7-2-1-6-24(25)34/h1-11,14,22-23,26,28-29H,12-13,15-17H2,(H,40,41)/t22?,26-,28+,29+/m0/s1. The maximum Gasteiger partial charge on any atom is 0.391 e. The first-order valence-electron chi connectivity index (χ1n) is 14.2. The minimum absolute atomic E-state index is 0.235. The molecule has 246 valence electrons. The van der Waals surface area contributed by atoms with Gasteiger partial charge in [0.25, 0.3) is 5.91 Å². The van der Waals surface area contributed by atoms with Crippen LogP contribution in [0.2, 0.25) is 10.0 Å². The van der Waals surface area contributed by atoms with Gasteiger partial charge in [-0.25, -0.2) is 12.8 Å². The van der Waals surface area contributed by atoms with E-state index in [1.54, 1.807) is 18.2 Å². The number of carbonyl (C=O) groups excluding carboxylic acids is 1. The van der Waals surface area contributed by atoms with Gasteiger partial charge < -0.3 is 14.7 Å². The van der Waals surface area contributed by atoms with Crippen molar-refractivity contribution in [1.29, 1.82) is 0 Å². The minimum atomic E-state index is -4.94. The Kier molecular flexibility index (Phi) is 9.88. The molecule has 0 bridgehead atoms. The first kappa shape index (κ1) is 34.0. The fourth-order valence-corrected chi connectivity index (χ4v) is 7.87. The van der Waals surface area contributed by atoms with Gasteiger partial charge in [-0.15, -0.1) is 0 Å². The molecule has 1 aliphatic carbocycles. The van der Waals surface area contributed by atoms with E-state index in [2.05, 4.69) is 0 Å². The van der Waals surface area contributed by atoms with Crippen molar-refractivity contribution in [2.45, 2.75) is 61.4 Å². The Balaban J connectivity index is 1.72. The Labute approximate surface area is 272 Å². The minimum Gasteiger partial charge on any atom is -0.481 e. The van der Waals surface area contributed by atoms with Crippen molar-refractivity contribution in [3.63, 3.8) is 0 Å². The summed E-state index contributed by atoms with van der Waals surface area (Å²) in [4.78, 5) is 26.8. The van der Waals surface area contributed by atoms with Gasteiger partial charge in [-0.1, -0.05) is 59.6 Å². The summed E-state index contributed by atoms with van der Waals surface area (Å²) in [6, 6.07) is 13.5. The van der Waals surface area contributed by atoms with Crippen molar-refractivity contribution in [1.82, 2.24) is 4.90 Å². The molecule has 3 aromatic rings. The average Bonchev–Trinajstić information content (AvgIpc) is 3.83. The quantitative estimate of drug-likeness (QED) is 0.217. The highest BCUT2D eigenvalue weighted by atomic mass is 35.5. The summed E-state index contributed by atoms with van der Waals surface area (Å²) in [6.45, 7) is -0.975. The number of aliphatic carboxylic acids is 1. The van der Waals surface area contributed by atoms with Crippen molar-refractivity contribution in [3.8, 4) is 0 Å². The molecule has 2 fully saturated rings. The molecule has 1 N–H and O–H groups in total. The zero-order valence-corrected chi connectivity index (χ0v) is 26.2. The van der Waals surface area contributed by atoms with Crippen LogP contribution in [0, 0.1) is 5.82 Å². The van der Waals surface area contributed by atoms with E-state index in [-0.39, 0.29) is 28.5 Å². The number of sulfonamides is 1.